The third-order valence-corrected chi connectivity index (χ3v) is 7.96. The Morgan fingerprint density at radius 2 is 1.91 bits per heavy atom. The summed E-state index contributed by atoms with van der Waals surface area (Å²) < 4.78 is 48.8. The third kappa shape index (κ3) is 6.52. The van der Waals surface area contributed by atoms with E-state index in [1.165, 1.54) is 24.3 Å². The van der Waals surface area contributed by atoms with Crippen LogP contribution in [0.2, 0.25) is 10.0 Å². The highest BCUT2D eigenvalue weighted by molar-refractivity contribution is 7.91. The van der Waals surface area contributed by atoms with Crippen LogP contribution in [-0.2, 0) is 16.4 Å². The van der Waals surface area contributed by atoms with Gasteiger partial charge in [0.1, 0.15) is 35.8 Å². The van der Waals surface area contributed by atoms with Crippen LogP contribution in [0.15, 0.2) is 59.0 Å². The molecule has 4 rings (SSSR count). The van der Waals surface area contributed by atoms with E-state index in [1.54, 1.807) is 30.3 Å². The van der Waals surface area contributed by atoms with Gasteiger partial charge in [0.2, 0.25) is 0 Å². The van der Waals surface area contributed by atoms with Crippen molar-refractivity contribution in [2.75, 3.05) is 24.7 Å². The molecule has 1 N–H and O–H groups in total. The fraction of sp³-hybridized carbons (Fsp3) is 0.333. The second-order valence-electron chi connectivity index (χ2n) is 8.30. The molecule has 2 atom stereocenters. The van der Waals surface area contributed by atoms with Gasteiger partial charge in [0.05, 0.1) is 23.1 Å². The molecule has 0 amide bonds. The third-order valence-electron chi connectivity index (χ3n) is 5.64. The van der Waals surface area contributed by atoms with E-state index in [-0.39, 0.29) is 36.5 Å². The summed E-state index contributed by atoms with van der Waals surface area (Å²) >= 11 is 12.4. The molecule has 1 aliphatic heterocycles. The van der Waals surface area contributed by atoms with Crippen LogP contribution >= 0.6 is 23.2 Å². The van der Waals surface area contributed by atoms with Crippen LogP contribution in [0.1, 0.15) is 12.2 Å². The van der Waals surface area contributed by atoms with Crippen molar-refractivity contribution in [2.24, 2.45) is 0 Å². The van der Waals surface area contributed by atoms with Crippen LogP contribution < -0.4 is 4.74 Å². The van der Waals surface area contributed by atoms with Gasteiger partial charge in [0.25, 0.3) is 0 Å². The Morgan fingerprint density at radius 3 is 2.62 bits per heavy atom. The zero-order valence-electron chi connectivity index (χ0n) is 18.2. The molecular formula is C24H24Cl2FNO5S. The standard InChI is InChI=1S/C24H24Cl2FNO5S/c25-16-1-7-23(26)22(11-16)24-8-6-21(33-24)13-28(18-9-10-34(30,31)15-18)12-19(29)14-32-20-4-2-17(27)3-5-20/h1-8,11,18-19,29H,9-10,12-15H2. The molecule has 1 aromatic heterocycles. The van der Waals surface area contributed by atoms with Crippen molar-refractivity contribution in [1.29, 1.82) is 0 Å². The molecule has 10 heteroatoms. The Kier molecular flexibility index (Phi) is 7.84. The molecule has 0 bridgehead atoms. The predicted octanol–water partition coefficient (Wildman–Crippen LogP) is 4.82. The number of aliphatic hydroxyl groups excluding tert-OH is 1. The second-order valence-corrected chi connectivity index (χ2v) is 11.4. The van der Waals surface area contributed by atoms with Gasteiger partial charge >= 0.3 is 0 Å². The lowest BCUT2D eigenvalue weighted by Crippen LogP contribution is -2.42. The first-order valence-electron chi connectivity index (χ1n) is 10.7. The summed E-state index contributed by atoms with van der Waals surface area (Å²) in [5.41, 5.74) is 0.656. The zero-order valence-corrected chi connectivity index (χ0v) is 20.5. The summed E-state index contributed by atoms with van der Waals surface area (Å²) in [6.45, 7) is 0.449. The van der Waals surface area contributed by atoms with E-state index in [1.807, 2.05) is 4.90 Å². The molecule has 3 aromatic rings. The van der Waals surface area contributed by atoms with Crippen molar-refractivity contribution in [1.82, 2.24) is 4.90 Å². The highest BCUT2D eigenvalue weighted by atomic mass is 35.5. The van der Waals surface area contributed by atoms with Gasteiger partial charge in [-0.25, -0.2) is 12.8 Å². The lowest BCUT2D eigenvalue weighted by atomic mass is 10.2. The highest BCUT2D eigenvalue weighted by Crippen LogP contribution is 2.32. The molecule has 2 unspecified atom stereocenters. The average molecular weight is 528 g/mol. The van der Waals surface area contributed by atoms with Crippen LogP contribution in [0, 0.1) is 5.82 Å². The number of ether oxygens (including phenoxy) is 1. The fourth-order valence-electron chi connectivity index (χ4n) is 3.95. The van der Waals surface area contributed by atoms with E-state index in [0.717, 1.165) is 0 Å². The average Bonchev–Trinajstić information content (AvgIpc) is 3.40. The molecule has 0 aliphatic carbocycles. The molecule has 0 radical (unpaired) electrons. The number of nitrogens with zero attached hydrogens (tertiary/aromatic N) is 1. The lowest BCUT2D eigenvalue weighted by Gasteiger charge is -2.29. The molecule has 6 nitrogen and oxygen atoms in total. The first-order chi connectivity index (χ1) is 16.2. The summed E-state index contributed by atoms with van der Waals surface area (Å²) in [6.07, 6.45) is -0.424. The van der Waals surface area contributed by atoms with E-state index in [0.29, 0.717) is 45.8 Å². The minimum Gasteiger partial charge on any atom is -0.491 e. The first-order valence-corrected chi connectivity index (χ1v) is 13.3. The monoisotopic (exact) mass is 527 g/mol. The maximum Gasteiger partial charge on any atom is 0.151 e. The number of furan rings is 1. The number of hydrogen-bond acceptors (Lipinski definition) is 6. The van der Waals surface area contributed by atoms with Crippen molar-refractivity contribution >= 4 is 33.0 Å². The van der Waals surface area contributed by atoms with E-state index in [2.05, 4.69) is 0 Å². The molecule has 0 spiro atoms. The quantitative estimate of drug-likeness (QED) is 0.429. The maximum atomic E-state index is 13.1. The molecule has 2 aromatic carbocycles. The Hall–Kier alpha value is -2.10. The molecular weight excluding hydrogens is 504 g/mol. The van der Waals surface area contributed by atoms with Crippen molar-refractivity contribution in [3.63, 3.8) is 0 Å². The minimum absolute atomic E-state index is 0.0201. The number of benzene rings is 2. The van der Waals surface area contributed by atoms with Gasteiger partial charge in [-0.05, 0) is 61.0 Å². The van der Waals surface area contributed by atoms with E-state index >= 15 is 0 Å². The summed E-state index contributed by atoms with van der Waals surface area (Å²) in [4.78, 5) is 1.89. The SMILES string of the molecule is O=S1(=O)CCC(N(Cc2ccc(-c3cc(Cl)ccc3Cl)o2)CC(O)COc2ccc(F)cc2)C1. The maximum absolute atomic E-state index is 13.1. The number of halogens is 3. The molecule has 182 valence electrons. The molecule has 1 saturated heterocycles. The van der Waals surface area contributed by atoms with Crippen LogP contribution in [0.4, 0.5) is 4.39 Å². The summed E-state index contributed by atoms with van der Waals surface area (Å²) in [5, 5.41) is 11.6. The second kappa shape index (κ2) is 10.7. The van der Waals surface area contributed by atoms with Crippen LogP contribution in [0.5, 0.6) is 5.75 Å². The van der Waals surface area contributed by atoms with Crippen LogP contribution in [0.3, 0.4) is 0 Å². The highest BCUT2D eigenvalue weighted by Gasteiger charge is 2.33. The van der Waals surface area contributed by atoms with Gasteiger partial charge in [-0.1, -0.05) is 23.2 Å². The Bertz CT molecular complexity index is 1230. The Labute approximate surface area is 207 Å². The minimum atomic E-state index is -3.13. The largest absolute Gasteiger partial charge is 0.491 e. The molecule has 2 heterocycles. The van der Waals surface area contributed by atoms with Crippen LogP contribution in [-0.4, -0.2) is 55.2 Å². The van der Waals surface area contributed by atoms with Crippen molar-refractivity contribution in [2.45, 2.75) is 25.1 Å². The molecule has 0 saturated carbocycles. The normalized spacial score (nSPS) is 18.3. The van der Waals surface area contributed by atoms with Gasteiger partial charge in [0, 0.05) is 23.2 Å². The van der Waals surface area contributed by atoms with Crippen LogP contribution in [0.25, 0.3) is 11.3 Å². The lowest BCUT2D eigenvalue weighted by molar-refractivity contribution is 0.0498. The number of sulfone groups is 1. The van der Waals surface area contributed by atoms with Gasteiger partial charge < -0.3 is 14.3 Å². The predicted molar refractivity (Wildman–Crippen MR) is 130 cm³/mol. The Balaban J connectivity index is 1.46. The topological polar surface area (TPSA) is 80.0 Å². The summed E-state index contributed by atoms with van der Waals surface area (Å²) in [5.74, 6) is 1.33. The van der Waals surface area contributed by atoms with Crippen molar-refractivity contribution in [3.8, 4) is 17.1 Å². The van der Waals surface area contributed by atoms with Gasteiger partial charge in [0.15, 0.2) is 9.84 Å². The van der Waals surface area contributed by atoms with Gasteiger partial charge in [-0.3, -0.25) is 4.90 Å². The summed E-state index contributed by atoms with van der Waals surface area (Å²) in [6, 6.07) is 13.9. The van der Waals surface area contributed by atoms with E-state index < -0.39 is 15.9 Å². The Morgan fingerprint density at radius 1 is 1.15 bits per heavy atom. The summed E-state index contributed by atoms with van der Waals surface area (Å²) in [7, 11) is -3.13. The molecule has 1 fully saturated rings. The van der Waals surface area contributed by atoms with Crippen molar-refractivity contribution in [3.05, 3.63) is 76.2 Å². The number of aliphatic hydroxyl groups is 1. The van der Waals surface area contributed by atoms with E-state index in [4.69, 9.17) is 32.4 Å². The molecule has 1 aliphatic rings. The smallest absolute Gasteiger partial charge is 0.151 e. The number of hydrogen-bond donors (Lipinski definition) is 1. The van der Waals surface area contributed by atoms with E-state index in [9.17, 15) is 17.9 Å². The molecule has 34 heavy (non-hydrogen) atoms. The zero-order chi connectivity index (χ0) is 24.3. The van der Waals surface area contributed by atoms with Gasteiger partial charge in [-0.15, -0.1) is 0 Å². The fourth-order valence-corrected chi connectivity index (χ4v) is 6.09. The first kappa shape index (κ1) is 25.0. The number of rotatable bonds is 9. The van der Waals surface area contributed by atoms with Gasteiger partial charge in [-0.2, -0.15) is 0 Å². The van der Waals surface area contributed by atoms with Crippen molar-refractivity contribution < 1.29 is 27.1 Å².